The number of nitrogens with zero attached hydrogens (tertiary/aromatic N) is 3. The molecule has 0 aliphatic heterocycles. The van der Waals surface area contributed by atoms with E-state index in [0.717, 1.165) is 37.0 Å². The van der Waals surface area contributed by atoms with E-state index in [0.29, 0.717) is 18.0 Å². The molecule has 1 aromatic heterocycles. The summed E-state index contributed by atoms with van der Waals surface area (Å²) in [7, 11) is 1.80. The molecule has 1 aromatic rings. The summed E-state index contributed by atoms with van der Waals surface area (Å²) in [6.45, 7) is 17.7. The van der Waals surface area contributed by atoms with Gasteiger partial charge in [-0.15, -0.1) is 0 Å². The Hall–Kier alpha value is -1.56. The zero-order chi connectivity index (χ0) is 18.3. The summed E-state index contributed by atoms with van der Waals surface area (Å²) in [5, 5.41) is 10.8. The number of rotatable bonds is 8. The van der Waals surface area contributed by atoms with E-state index in [1.54, 1.807) is 7.05 Å². The van der Waals surface area contributed by atoms with E-state index in [1.165, 1.54) is 5.56 Å². The number of aromatic nitrogens is 1. The average molecular weight is 338 g/mol. The van der Waals surface area contributed by atoms with Gasteiger partial charge in [0.25, 0.3) is 0 Å². The number of nitrogens with one attached hydrogen (secondary N) is 2. The minimum atomic E-state index is 0.317. The van der Waals surface area contributed by atoms with Gasteiger partial charge in [-0.25, -0.2) is 0 Å². The largest absolute Gasteiger partial charge is 0.361 e. The van der Waals surface area contributed by atoms with Crippen LogP contribution in [0.1, 0.15) is 57.6 Å². The maximum atomic E-state index is 5.26. The molecule has 138 valence electrons. The Morgan fingerprint density at radius 2 is 1.75 bits per heavy atom. The summed E-state index contributed by atoms with van der Waals surface area (Å²) in [4.78, 5) is 6.77. The van der Waals surface area contributed by atoms with Crippen LogP contribution in [-0.2, 0) is 0 Å². The normalized spacial score (nSPS) is 13.9. The lowest BCUT2D eigenvalue weighted by molar-refractivity contribution is 0.178. The van der Waals surface area contributed by atoms with Gasteiger partial charge in [0, 0.05) is 50.2 Å². The average Bonchev–Trinajstić information content (AvgIpc) is 2.84. The van der Waals surface area contributed by atoms with Crippen molar-refractivity contribution in [3.05, 3.63) is 17.0 Å². The third-order valence-corrected chi connectivity index (χ3v) is 4.37. The summed E-state index contributed by atoms with van der Waals surface area (Å²) >= 11 is 0. The Morgan fingerprint density at radius 1 is 1.12 bits per heavy atom. The molecule has 1 unspecified atom stereocenters. The summed E-state index contributed by atoms with van der Waals surface area (Å²) < 4.78 is 5.26. The van der Waals surface area contributed by atoms with E-state index in [-0.39, 0.29) is 0 Å². The Morgan fingerprint density at radius 3 is 2.21 bits per heavy atom. The van der Waals surface area contributed by atoms with E-state index in [9.17, 15) is 0 Å². The molecular formula is C18H35N5O. The summed E-state index contributed by atoms with van der Waals surface area (Å²) in [5.74, 6) is 2.05. The highest BCUT2D eigenvalue weighted by Gasteiger charge is 2.17. The van der Waals surface area contributed by atoms with Crippen LogP contribution in [0.4, 0.5) is 0 Å². The number of aliphatic imine (C=N–C) groups is 1. The molecule has 6 nitrogen and oxygen atoms in total. The van der Waals surface area contributed by atoms with Crippen molar-refractivity contribution in [1.29, 1.82) is 0 Å². The van der Waals surface area contributed by atoms with Gasteiger partial charge in [0.2, 0.25) is 0 Å². The quantitative estimate of drug-likeness (QED) is 0.564. The Bertz CT molecular complexity index is 494. The van der Waals surface area contributed by atoms with E-state index in [4.69, 9.17) is 4.52 Å². The van der Waals surface area contributed by atoms with Crippen LogP contribution in [0.2, 0.25) is 0 Å². The molecule has 0 aliphatic rings. The topological polar surface area (TPSA) is 65.7 Å². The van der Waals surface area contributed by atoms with Crippen molar-refractivity contribution >= 4 is 5.96 Å². The molecule has 6 heteroatoms. The third kappa shape index (κ3) is 5.82. The predicted octanol–water partition coefficient (Wildman–Crippen LogP) is 2.68. The fraction of sp³-hybridized carbons (Fsp3) is 0.778. The van der Waals surface area contributed by atoms with Crippen molar-refractivity contribution < 1.29 is 4.52 Å². The van der Waals surface area contributed by atoms with Crippen LogP contribution < -0.4 is 10.6 Å². The zero-order valence-corrected chi connectivity index (χ0v) is 16.6. The summed E-state index contributed by atoms with van der Waals surface area (Å²) in [5.41, 5.74) is 2.15. The van der Waals surface area contributed by atoms with Crippen LogP contribution in [0.3, 0.4) is 0 Å². The van der Waals surface area contributed by atoms with Crippen LogP contribution in [-0.4, -0.2) is 54.8 Å². The first-order valence-electron chi connectivity index (χ1n) is 8.90. The number of aryl methyl sites for hydroxylation is 2. The van der Waals surface area contributed by atoms with Crippen molar-refractivity contribution in [3.63, 3.8) is 0 Å². The lowest BCUT2D eigenvalue weighted by atomic mass is 10.00. The first-order chi connectivity index (χ1) is 11.3. The van der Waals surface area contributed by atoms with Crippen molar-refractivity contribution in [1.82, 2.24) is 20.7 Å². The molecule has 0 aromatic carbocycles. The SMILES string of the molecule is CN=C(NCCN(C(C)C)C(C)C)NCC(C)c1c(C)noc1C. The standard InChI is InChI=1S/C18H35N5O/c1-12(2)23(13(3)4)10-9-20-18(19-8)21-11-14(5)17-15(6)22-24-16(17)7/h12-14H,9-11H2,1-8H3,(H2,19,20,21). The molecular weight excluding hydrogens is 302 g/mol. The highest BCUT2D eigenvalue weighted by Crippen LogP contribution is 2.22. The van der Waals surface area contributed by atoms with Gasteiger partial charge in [-0.1, -0.05) is 12.1 Å². The second kappa shape index (κ2) is 9.67. The fourth-order valence-electron chi connectivity index (χ4n) is 3.18. The van der Waals surface area contributed by atoms with Crippen molar-refractivity contribution in [3.8, 4) is 0 Å². The molecule has 0 saturated heterocycles. The van der Waals surface area contributed by atoms with Gasteiger partial charge in [0.05, 0.1) is 5.69 Å². The Kier molecular flexibility index (Phi) is 8.25. The maximum absolute atomic E-state index is 5.26. The highest BCUT2D eigenvalue weighted by molar-refractivity contribution is 5.79. The number of hydrogen-bond acceptors (Lipinski definition) is 4. The maximum Gasteiger partial charge on any atom is 0.191 e. The van der Waals surface area contributed by atoms with Crippen molar-refractivity contribution in [2.24, 2.45) is 4.99 Å². The molecule has 24 heavy (non-hydrogen) atoms. The van der Waals surface area contributed by atoms with Crippen LogP contribution in [0, 0.1) is 13.8 Å². The van der Waals surface area contributed by atoms with Gasteiger partial charge in [-0.05, 0) is 41.5 Å². The predicted molar refractivity (Wildman–Crippen MR) is 101 cm³/mol. The smallest absolute Gasteiger partial charge is 0.191 e. The fourth-order valence-corrected chi connectivity index (χ4v) is 3.18. The van der Waals surface area contributed by atoms with Crippen LogP contribution >= 0.6 is 0 Å². The molecule has 2 N–H and O–H groups in total. The van der Waals surface area contributed by atoms with Gasteiger partial charge in [0.1, 0.15) is 5.76 Å². The van der Waals surface area contributed by atoms with Crippen molar-refractivity contribution in [2.75, 3.05) is 26.7 Å². The molecule has 0 bridgehead atoms. The van der Waals surface area contributed by atoms with E-state index in [2.05, 4.69) is 60.3 Å². The van der Waals surface area contributed by atoms with Crippen LogP contribution in [0.5, 0.6) is 0 Å². The van der Waals surface area contributed by atoms with Crippen LogP contribution in [0.15, 0.2) is 9.52 Å². The highest BCUT2D eigenvalue weighted by atomic mass is 16.5. The lowest BCUT2D eigenvalue weighted by Gasteiger charge is -2.30. The van der Waals surface area contributed by atoms with E-state index in [1.807, 2.05) is 13.8 Å². The molecule has 0 fully saturated rings. The van der Waals surface area contributed by atoms with E-state index >= 15 is 0 Å². The second-order valence-corrected chi connectivity index (χ2v) is 6.94. The van der Waals surface area contributed by atoms with Gasteiger partial charge in [-0.3, -0.25) is 9.89 Å². The molecule has 1 heterocycles. The van der Waals surface area contributed by atoms with Gasteiger partial charge in [0.15, 0.2) is 5.96 Å². The van der Waals surface area contributed by atoms with Gasteiger partial charge < -0.3 is 15.2 Å². The Labute approximate surface area is 147 Å². The monoisotopic (exact) mass is 337 g/mol. The minimum Gasteiger partial charge on any atom is -0.361 e. The molecule has 0 amide bonds. The third-order valence-electron chi connectivity index (χ3n) is 4.37. The Balaban J connectivity index is 2.46. The minimum absolute atomic E-state index is 0.317. The summed E-state index contributed by atoms with van der Waals surface area (Å²) in [6, 6.07) is 1.09. The summed E-state index contributed by atoms with van der Waals surface area (Å²) in [6.07, 6.45) is 0. The van der Waals surface area contributed by atoms with Crippen LogP contribution in [0.25, 0.3) is 0 Å². The second-order valence-electron chi connectivity index (χ2n) is 6.94. The molecule has 1 atom stereocenters. The molecule has 1 rings (SSSR count). The zero-order valence-electron chi connectivity index (χ0n) is 16.6. The molecule has 0 radical (unpaired) electrons. The van der Waals surface area contributed by atoms with Gasteiger partial charge in [-0.2, -0.15) is 0 Å². The molecule has 0 aliphatic carbocycles. The van der Waals surface area contributed by atoms with Gasteiger partial charge >= 0.3 is 0 Å². The lowest BCUT2D eigenvalue weighted by Crippen LogP contribution is -2.45. The van der Waals surface area contributed by atoms with E-state index < -0.39 is 0 Å². The molecule has 0 saturated carbocycles. The first-order valence-corrected chi connectivity index (χ1v) is 8.90. The first kappa shape index (κ1) is 20.5. The number of guanidine groups is 1. The molecule has 0 spiro atoms. The van der Waals surface area contributed by atoms with Crippen molar-refractivity contribution in [2.45, 2.75) is 66.5 Å². The number of hydrogen-bond donors (Lipinski definition) is 2.